The molecule has 0 aromatic carbocycles. The van der Waals surface area contributed by atoms with Crippen LogP contribution in [0.5, 0.6) is 0 Å². The van der Waals surface area contributed by atoms with E-state index < -0.39 is 0 Å². The Morgan fingerprint density at radius 2 is 1.27 bits per heavy atom. The Kier molecular flexibility index (Phi) is 4.85. The number of rotatable bonds is 4. The van der Waals surface area contributed by atoms with E-state index in [4.69, 9.17) is 0 Å². The van der Waals surface area contributed by atoms with Gasteiger partial charge in [0.25, 0.3) is 0 Å². The monoisotopic (exact) mass is 213 g/mol. The number of hydrogen-bond donors (Lipinski definition) is 1. The molecule has 92 valence electrons. The van der Waals surface area contributed by atoms with Crippen molar-refractivity contribution in [3.63, 3.8) is 0 Å². The summed E-state index contributed by atoms with van der Waals surface area (Å²) in [6.45, 7) is 19.6. The summed E-state index contributed by atoms with van der Waals surface area (Å²) in [7, 11) is 0. The minimum atomic E-state index is 0.256. The first kappa shape index (κ1) is 15.0. The lowest BCUT2D eigenvalue weighted by Crippen LogP contribution is -2.37. The second kappa shape index (κ2) is 4.86. The molecule has 1 N–H and O–H groups in total. The molecule has 0 aromatic rings. The van der Waals surface area contributed by atoms with Crippen LogP contribution in [0.15, 0.2) is 0 Å². The van der Waals surface area contributed by atoms with Gasteiger partial charge in [0, 0.05) is 5.54 Å². The Bertz CT molecular complexity index is 178. The summed E-state index contributed by atoms with van der Waals surface area (Å²) < 4.78 is 0. The smallest absolute Gasteiger partial charge is 0.00965 e. The average molecular weight is 213 g/mol. The Hall–Kier alpha value is -0.0400. The molecule has 0 aliphatic carbocycles. The highest BCUT2D eigenvalue weighted by atomic mass is 14.9. The normalized spacial score (nSPS) is 14.4. The van der Waals surface area contributed by atoms with Crippen molar-refractivity contribution in [1.82, 2.24) is 5.32 Å². The predicted octanol–water partition coefficient (Wildman–Crippen LogP) is 4.23. The van der Waals surface area contributed by atoms with Crippen molar-refractivity contribution in [2.45, 2.75) is 73.8 Å². The molecule has 0 amide bonds. The summed E-state index contributed by atoms with van der Waals surface area (Å²) in [6.07, 6.45) is 2.56. The Balaban J connectivity index is 3.87. The Morgan fingerprint density at radius 1 is 0.800 bits per heavy atom. The van der Waals surface area contributed by atoms with Crippen LogP contribution in [0.25, 0.3) is 0 Å². The molecular formula is C14H31N. The van der Waals surface area contributed by atoms with Crippen LogP contribution in [0.4, 0.5) is 0 Å². The summed E-state index contributed by atoms with van der Waals surface area (Å²) in [5.41, 5.74) is 1.08. The van der Waals surface area contributed by atoms with Gasteiger partial charge >= 0.3 is 0 Å². The molecule has 0 saturated heterocycles. The third-order valence-corrected chi connectivity index (χ3v) is 3.66. The second-order valence-electron chi connectivity index (χ2n) is 7.41. The quantitative estimate of drug-likeness (QED) is 0.689. The van der Waals surface area contributed by atoms with Crippen LogP contribution >= 0.6 is 0 Å². The van der Waals surface area contributed by atoms with Gasteiger partial charge in [0.1, 0.15) is 0 Å². The Labute approximate surface area is 97.0 Å². The topological polar surface area (TPSA) is 12.0 Å². The first-order valence-corrected chi connectivity index (χ1v) is 6.21. The van der Waals surface area contributed by atoms with Crippen LogP contribution in [0.1, 0.15) is 68.2 Å². The first-order chi connectivity index (χ1) is 6.46. The summed E-state index contributed by atoms with van der Waals surface area (Å²) in [6, 6.07) is 0. The highest BCUT2D eigenvalue weighted by molar-refractivity contribution is 4.82. The van der Waals surface area contributed by atoms with E-state index in [0.29, 0.717) is 10.8 Å². The maximum absolute atomic E-state index is 3.55. The fourth-order valence-corrected chi connectivity index (χ4v) is 1.37. The van der Waals surface area contributed by atoms with Crippen molar-refractivity contribution in [2.75, 3.05) is 6.54 Å². The van der Waals surface area contributed by atoms with Crippen LogP contribution in [-0.2, 0) is 0 Å². The van der Waals surface area contributed by atoms with Gasteiger partial charge in [-0.1, -0.05) is 34.6 Å². The van der Waals surface area contributed by atoms with Gasteiger partial charge in [-0.2, -0.15) is 0 Å². The number of hydrogen-bond acceptors (Lipinski definition) is 1. The minimum absolute atomic E-state index is 0.256. The van der Waals surface area contributed by atoms with Crippen LogP contribution in [0.3, 0.4) is 0 Å². The molecule has 0 aliphatic rings. The molecular weight excluding hydrogens is 182 g/mol. The zero-order valence-corrected chi connectivity index (χ0v) is 12.1. The minimum Gasteiger partial charge on any atom is -0.312 e. The van der Waals surface area contributed by atoms with E-state index >= 15 is 0 Å². The summed E-state index contributed by atoms with van der Waals surface area (Å²) in [4.78, 5) is 0. The molecule has 0 aromatic heterocycles. The fraction of sp³-hybridized carbons (Fsp3) is 1.00. The van der Waals surface area contributed by atoms with Gasteiger partial charge in [-0.25, -0.2) is 0 Å². The van der Waals surface area contributed by atoms with Crippen LogP contribution in [0, 0.1) is 10.8 Å². The standard InChI is InChI=1S/C14H31N/c1-12(2,3)14(7,8)10-9-11-15-13(4,5)6/h15H,9-11H2,1-8H3. The van der Waals surface area contributed by atoms with E-state index in [1.54, 1.807) is 0 Å². The Morgan fingerprint density at radius 3 is 1.60 bits per heavy atom. The molecule has 0 radical (unpaired) electrons. The van der Waals surface area contributed by atoms with Gasteiger partial charge in [-0.3, -0.25) is 0 Å². The lowest BCUT2D eigenvalue weighted by Gasteiger charge is -2.39. The lowest BCUT2D eigenvalue weighted by atomic mass is 9.67. The van der Waals surface area contributed by atoms with E-state index in [-0.39, 0.29) is 5.54 Å². The average Bonchev–Trinajstić information content (AvgIpc) is 1.94. The van der Waals surface area contributed by atoms with E-state index in [1.807, 2.05) is 0 Å². The molecule has 1 heteroatoms. The fourth-order valence-electron chi connectivity index (χ4n) is 1.37. The van der Waals surface area contributed by atoms with Crippen molar-refractivity contribution in [3.05, 3.63) is 0 Å². The van der Waals surface area contributed by atoms with Crippen molar-refractivity contribution >= 4 is 0 Å². The summed E-state index contributed by atoms with van der Waals surface area (Å²) in [5.74, 6) is 0. The zero-order valence-electron chi connectivity index (χ0n) is 12.1. The SMILES string of the molecule is CC(C)(C)NCCCC(C)(C)C(C)(C)C. The third kappa shape index (κ3) is 6.19. The largest absolute Gasteiger partial charge is 0.312 e. The van der Waals surface area contributed by atoms with Gasteiger partial charge in [0.2, 0.25) is 0 Å². The highest BCUT2D eigenvalue weighted by Crippen LogP contribution is 2.41. The molecule has 0 spiro atoms. The molecule has 15 heavy (non-hydrogen) atoms. The molecule has 0 heterocycles. The van der Waals surface area contributed by atoms with Crippen molar-refractivity contribution in [3.8, 4) is 0 Å². The van der Waals surface area contributed by atoms with Gasteiger partial charge in [-0.15, -0.1) is 0 Å². The molecule has 1 nitrogen and oxygen atoms in total. The van der Waals surface area contributed by atoms with Gasteiger partial charge in [0.15, 0.2) is 0 Å². The van der Waals surface area contributed by atoms with E-state index in [9.17, 15) is 0 Å². The van der Waals surface area contributed by atoms with Crippen molar-refractivity contribution in [2.24, 2.45) is 10.8 Å². The predicted molar refractivity (Wildman–Crippen MR) is 70.2 cm³/mol. The first-order valence-electron chi connectivity index (χ1n) is 6.21. The van der Waals surface area contributed by atoms with Crippen LogP contribution in [0.2, 0.25) is 0 Å². The maximum Gasteiger partial charge on any atom is 0.00965 e. The van der Waals surface area contributed by atoms with Gasteiger partial charge in [-0.05, 0) is 51.0 Å². The van der Waals surface area contributed by atoms with E-state index in [2.05, 4.69) is 60.7 Å². The van der Waals surface area contributed by atoms with E-state index in [1.165, 1.54) is 12.8 Å². The molecule has 0 atom stereocenters. The number of nitrogens with one attached hydrogen (secondary N) is 1. The molecule has 0 saturated carbocycles. The molecule has 0 aliphatic heterocycles. The third-order valence-electron chi connectivity index (χ3n) is 3.66. The van der Waals surface area contributed by atoms with Crippen molar-refractivity contribution < 1.29 is 0 Å². The molecule has 0 fully saturated rings. The second-order valence-corrected chi connectivity index (χ2v) is 7.41. The zero-order chi connectivity index (χ0) is 12.3. The van der Waals surface area contributed by atoms with Gasteiger partial charge < -0.3 is 5.32 Å². The molecule has 0 unspecified atom stereocenters. The van der Waals surface area contributed by atoms with Crippen LogP contribution < -0.4 is 5.32 Å². The van der Waals surface area contributed by atoms with E-state index in [0.717, 1.165) is 6.54 Å². The maximum atomic E-state index is 3.55. The lowest BCUT2D eigenvalue weighted by molar-refractivity contribution is 0.116. The van der Waals surface area contributed by atoms with Crippen LogP contribution in [-0.4, -0.2) is 12.1 Å². The molecule has 0 bridgehead atoms. The van der Waals surface area contributed by atoms with Crippen molar-refractivity contribution in [1.29, 1.82) is 0 Å². The summed E-state index contributed by atoms with van der Waals surface area (Å²) in [5, 5.41) is 3.55. The molecule has 0 rings (SSSR count). The summed E-state index contributed by atoms with van der Waals surface area (Å²) >= 11 is 0. The van der Waals surface area contributed by atoms with Gasteiger partial charge in [0.05, 0.1) is 0 Å². The highest BCUT2D eigenvalue weighted by Gasteiger charge is 2.31.